The summed E-state index contributed by atoms with van der Waals surface area (Å²) < 4.78 is 7.53. The Hall–Kier alpha value is -0.540. The number of halogens is 1. The van der Waals surface area contributed by atoms with E-state index in [0.717, 1.165) is 28.5 Å². The second kappa shape index (κ2) is 3.73. The molecule has 1 aromatic carbocycles. The van der Waals surface area contributed by atoms with Crippen molar-refractivity contribution in [3.05, 3.63) is 28.2 Å². The van der Waals surface area contributed by atoms with Crippen LogP contribution in [0.3, 0.4) is 0 Å². The Balaban J connectivity index is 1.75. The summed E-state index contributed by atoms with van der Waals surface area (Å²) in [6, 6.07) is 6.38. The first-order valence-corrected chi connectivity index (χ1v) is 7.70. The lowest BCUT2D eigenvalue weighted by atomic mass is 9.76. The van der Waals surface area contributed by atoms with Gasteiger partial charge in [-0.05, 0) is 49.7 Å². The molecular formula is C15H18BrNO. The minimum absolute atomic E-state index is 0.0517. The van der Waals surface area contributed by atoms with Gasteiger partial charge in [0, 0.05) is 22.5 Å². The van der Waals surface area contributed by atoms with E-state index in [1.165, 1.54) is 31.2 Å². The summed E-state index contributed by atoms with van der Waals surface area (Å²) in [6.45, 7) is 0. The fraction of sp³-hybridized carbons (Fsp3) is 0.600. The van der Waals surface area contributed by atoms with Gasteiger partial charge < -0.3 is 10.5 Å². The van der Waals surface area contributed by atoms with Crippen molar-refractivity contribution < 1.29 is 4.74 Å². The standard InChI is InChI=1S/C15H18BrNO/c16-11-3-4-12-13(17)8-15(18-14(12)6-11)7-9-1-2-10(15)5-9/h3-4,6,9-10,13H,1-2,5,7-8,17H2/t9?,10?,13-,15?/m1/s1. The summed E-state index contributed by atoms with van der Waals surface area (Å²) in [5.41, 5.74) is 7.61. The van der Waals surface area contributed by atoms with Crippen molar-refractivity contribution in [1.82, 2.24) is 0 Å². The molecule has 96 valence electrons. The predicted octanol–water partition coefficient (Wildman–Crippen LogP) is 3.79. The number of hydrogen-bond acceptors (Lipinski definition) is 2. The van der Waals surface area contributed by atoms with E-state index in [4.69, 9.17) is 10.5 Å². The van der Waals surface area contributed by atoms with E-state index in [9.17, 15) is 0 Å². The molecule has 0 saturated heterocycles. The highest BCUT2D eigenvalue weighted by Crippen LogP contribution is 2.57. The van der Waals surface area contributed by atoms with Crippen molar-refractivity contribution in [2.45, 2.75) is 43.7 Å². The fourth-order valence-corrected chi connectivity index (χ4v) is 4.75. The quantitative estimate of drug-likeness (QED) is 0.791. The van der Waals surface area contributed by atoms with Crippen LogP contribution < -0.4 is 10.5 Å². The number of hydrogen-bond donors (Lipinski definition) is 1. The minimum Gasteiger partial charge on any atom is -0.487 e. The van der Waals surface area contributed by atoms with E-state index < -0.39 is 0 Å². The molecule has 0 radical (unpaired) electrons. The Bertz CT molecular complexity index is 503. The van der Waals surface area contributed by atoms with Gasteiger partial charge in [0.25, 0.3) is 0 Å². The maximum Gasteiger partial charge on any atom is 0.126 e. The molecule has 18 heavy (non-hydrogen) atoms. The van der Waals surface area contributed by atoms with Crippen LogP contribution in [0.4, 0.5) is 0 Å². The van der Waals surface area contributed by atoms with Gasteiger partial charge in [0.2, 0.25) is 0 Å². The third kappa shape index (κ3) is 1.50. The van der Waals surface area contributed by atoms with Crippen LogP contribution in [0.15, 0.2) is 22.7 Å². The second-order valence-corrected chi connectivity index (χ2v) is 7.16. The van der Waals surface area contributed by atoms with E-state index in [1.54, 1.807) is 0 Å². The molecule has 2 N–H and O–H groups in total. The Kier molecular flexibility index (Phi) is 2.34. The Morgan fingerprint density at radius 1 is 1.28 bits per heavy atom. The van der Waals surface area contributed by atoms with E-state index in [0.29, 0.717) is 0 Å². The zero-order valence-electron chi connectivity index (χ0n) is 10.4. The number of ether oxygens (including phenoxy) is 1. The summed E-state index contributed by atoms with van der Waals surface area (Å²) in [7, 11) is 0. The SMILES string of the molecule is N[C@@H]1CC2(CC3CCC2C3)Oc2cc(Br)ccc21. The van der Waals surface area contributed by atoms with Crippen LogP contribution in [-0.4, -0.2) is 5.60 Å². The van der Waals surface area contributed by atoms with Gasteiger partial charge in [0.15, 0.2) is 0 Å². The highest BCUT2D eigenvalue weighted by atomic mass is 79.9. The molecule has 2 fully saturated rings. The van der Waals surface area contributed by atoms with Gasteiger partial charge in [-0.3, -0.25) is 0 Å². The van der Waals surface area contributed by atoms with Gasteiger partial charge in [0.1, 0.15) is 11.4 Å². The Morgan fingerprint density at radius 3 is 2.89 bits per heavy atom. The van der Waals surface area contributed by atoms with Crippen LogP contribution in [0.2, 0.25) is 0 Å². The predicted molar refractivity (Wildman–Crippen MR) is 74.5 cm³/mol. The average molecular weight is 308 g/mol. The largest absolute Gasteiger partial charge is 0.487 e. The Labute approximate surface area is 116 Å². The summed E-state index contributed by atoms with van der Waals surface area (Å²) in [5, 5.41) is 0. The fourth-order valence-electron chi connectivity index (χ4n) is 4.41. The molecule has 1 spiro atoms. The van der Waals surface area contributed by atoms with E-state index in [2.05, 4.69) is 34.1 Å². The second-order valence-electron chi connectivity index (χ2n) is 6.24. The molecule has 3 unspecified atom stereocenters. The Morgan fingerprint density at radius 2 is 2.17 bits per heavy atom. The molecule has 0 amide bonds. The molecule has 2 saturated carbocycles. The van der Waals surface area contributed by atoms with Crippen molar-refractivity contribution in [2.24, 2.45) is 17.6 Å². The third-order valence-corrected chi connectivity index (χ3v) is 5.67. The zero-order valence-corrected chi connectivity index (χ0v) is 11.9. The lowest BCUT2D eigenvalue weighted by molar-refractivity contribution is -0.0141. The van der Waals surface area contributed by atoms with E-state index in [1.807, 2.05) is 0 Å². The van der Waals surface area contributed by atoms with Gasteiger partial charge in [0.05, 0.1) is 0 Å². The molecule has 1 aliphatic heterocycles. The summed E-state index contributed by atoms with van der Waals surface area (Å²) in [5.74, 6) is 2.63. The van der Waals surface area contributed by atoms with Crippen molar-refractivity contribution in [3.8, 4) is 5.75 Å². The lowest BCUT2D eigenvalue weighted by Gasteiger charge is -2.44. The van der Waals surface area contributed by atoms with E-state index in [-0.39, 0.29) is 11.6 Å². The van der Waals surface area contributed by atoms with Gasteiger partial charge in [-0.15, -0.1) is 0 Å². The van der Waals surface area contributed by atoms with Crippen LogP contribution >= 0.6 is 15.9 Å². The smallest absolute Gasteiger partial charge is 0.126 e. The van der Waals surface area contributed by atoms with Crippen molar-refractivity contribution in [3.63, 3.8) is 0 Å². The molecular weight excluding hydrogens is 290 g/mol. The molecule has 2 bridgehead atoms. The van der Waals surface area contributed by atoms with Gasteiger partial charge in [-0.1, -0.05) is 22.0 Å². The zero-order chi connectivity index (χ0) is 12.3. The van der Waals surface area contributed by atoms with Crippen molar-refractivity contribution in [2.75, 3.05) is 0 Å². The van der Waals surface area contributed by atoms with Crippen LogP contribution in [0.25, 0.3) is 0 Å². The summed E-state index contributed by atoms with van der Waals surface area (Å²) >= 11 is 3.53. The van der Waals surface area contributed by atoms with Crippen LogP contribution in [0.5, 0.6) is 5.75 Å². The van der Waals surface area contributed by atoms with Crippen LogP contribution in [0, 0.1) is 11.8 Å². The third-order valence-electron chi connectivity index (χ3n) is 5.17. The normalized spacial score (nSPS) is 40.9. The summed E-state index contributed by atoms with van der Waals surface area (Å²) in [6.07, 6.45) is 6.31. The molecule has 4 rings (SSSR count). The summed E-state index contributed by atoms with van der Waals surface area (Å²) in [4.78, 5) is 0. The maximum absolute atomic E-state index is 6.46. The number of fused-ring (bicyclic) bond motifs is 4. The number of rotatable bonds is 0. The number of benzene rings is 1. The molecule has 2 aliphatic carbocycles. The van der Waals surface area contributed by atoms with Gasteiger partial charge in [-0.25, -0.2) is 0 Å². The van der Waals surface area contributed by atoms with Crippen LogP contribution in [0.1, 0.15) is 43.7 Å². The topological polar surface area (TPSA) is 35.2 Å². The van der Waals surface area contributed by atoms with Gasteiger partial charge in [-0.2, -0.15) is 0 Å². The molecule has 1 heterocycles. The van der Waals surface area contributed by atoms with Crippen molar-refractivity contribution >= 4 is 15.9 Å². The molecule has 3 aliphatic rings. The van der Waals surface area contributed by atoms with Gasteiger partial charge >= 0.3 is 0 Å². The first kappa shape index (κ1) is 11.3. The molecule has 1 aromatic rings. The molecule has 2 nitrogen and oxygen atoms in total. The first-order valence-electron chi connectivity index (χ1n) is 6.90. The highest BCUT2D eigenvalue weighted by molar-refractivity contribution is 9.10. The molecule has 3 heteroatoms. The highest BCUT2D eigenvalue weighted by Gasteiger charge is 2.55. The lowest BCUT2D eigenvalue weighted by Crippen LogP contribution is -2.47. The van der Waals surface area contributed by atoms with Crippen molar-refractivity contribution in [1.29, 1.82) is 0 Å². The maximum atomic E-state index is 6.46. The first-order chi connectivity index (χ1) is 8.66. The van der Waals surface area contributed by atoms with E-state index >= 15 is 0 Å². The molecule has 0 aromatic heterocycles. The number of nitrogens with two attached hydrogens (primary N) is 1. The molecule has 4 atom stereocenters. The van der Waals surface area contributed by atoms with Crippen LogP contribution in [-0.2, 0) is 0 Å². The minimum atomic E-state index is 0.0517. The average Bonchev–Trinajstić information content (AvgIpc) is 2.88. The monoisotopic (exact) mass is 307 g/mol.